The number of nitro groups is 1. The first-order valence-corrected chi connectivity index (χ1v) is 7.75. The van der Waals surface area contributed by atoms with Crippen LogP contribution in [0.15, 0.2) is 36.4 Å². The molecule has 1 aliphatic heterocycles. The predicted octanol–water partition coefficient (Wildman–Crippen LogP) is 2.41. The maximum absolute atomic E-state index is 12.9. The third-order valence-electron chi connectivity index (χ3n) is 4.36. The molecule has 1 aliphatic rings. The maximum atomic E-state index is 12.9. The van der Waals surface area contributed by atoms with Crippen molar-refractivity contribution in [2.45, 2.75) is 6.92 Å². The van der Waals surface area contributed by atoms with E-state index in [4.69, 9.17) is 0 Å². The van der Waals surface area contributed by atoms with Gasteiger partial charge in [0.1, 0.15) is 12.7 Å². The van der Waals surface area contributed by atoms with E-state index in [1.165, 1.54) is 7.05 Å². The molecule has 0 saturated carbocycles. The number of nitrogens with one attached hydrogen (secondary N) is 1. The highest BCUT2D eigenvalue weighted by atomic mass is 16.6. The molecule has 0 unspecified atom stereocenters. The molecule has 2 heterocycles. The number of aromatic nitrogens is 2. The van der Waals surface area contributed by atoms with E-state index in [1.807, 2.05) is 12.1 Å². The highest BCUT2D eigenvalue weighted by Crippen LogP contribution is 2.33. The van der Waals surface area contributed by atoms with Gasteiger partial charge in [0.2, 0.25) is 0 Å². The van der Waals surface area contributed by atoms with Gasteiger partial charge in [-0.2, -0.15) is 5.01 Å². The van der Waals surface area contributed by atoms with Crippen LogP contribution in [-0.4, -0.2) is 31.5 Å². The number of benzene rings is 2. The van der Waals surface area contributed by atoms with Crippen molar-refractivity contribution >= 4 is 34.1 Å². The molecule has 0 bridgehead atoms. The number of aryl methyl sites for hydroxylation is 2. The van der Waals surface area contributed by atoms with Gasteiger partial charge in [0.25, 0.3) is 11.8 Å². The van der Waals surface area contributed by atoms with Crippen LogP contribution in [0, 0.1) is 17.0 Å². The molecule has 130 valence electrons. The number of amides is 2. The van der Waals surface area contributed by atoms with Gasteiger partial charge in [-0.05, 0) is 29.4 Å². The Bertz CT molecular complexity index is 1070. The normalized spacial score (nSPS) is 13.4. The van der Waals surface area contributed by atoms with Crippen LogP contribution in [0.3, 0.4) is 0 Å². The van der Waals surface area contributed by atoms with Crippen LogP contribution >= 0.6 is 0 Å². The Labute approximate surface area is 146 Å². The molecule has 0 atom stereocenters. The van der Waals surface area contributed by atoms with E-state index in [-0.39, 0.29) is 11.5 Å². The van der Waals surface area contributed by atoms with Gasteiger partial charge in [-0.3, -0.25) is 15.0 Å². The van der Waals surface area contributed by atoms with E-state index in [1.54, 1.807) is 31.2 Å². The van der Waals surface area contributed by atoms with Crippen LogP contribution in [0.1, 0.15) is 26.4 Å². The summed E-state index contributed by atoms with van der Waals surface area (Å²) >= 11 is 0. The van der Waals surface area contributed by atoms with Gasteiger partial charge in [0, 0.05) is 5.39 Å². The molecule has 0 spiro atoms. The molecule has 1 N–H and O–H groups in total. The Morgan fingerprint density at radius 1 is 1.08 bits per heavy atom. The minimum absolute atomic E-state index is 0.00533. The molecule has 1 aromatic heterocycles. The summed E-state index contributed by atoms with van der Waals surface area (Å²) < 4.78 is 1.09. The van der Waals surface area contributed by atoms with Crippen molar-refractivity contribution in [1.82, 2.24) is 14.8 Å². The lowest BCUT2D eigenvalue weighted by atomic mass is 9.95. The van der Waals surface area contributed by atoms with Crippen molar-refractivity contribution in [2.24, 2.45) is 7.05 Å². The van der Waals surface area contributed by atoms with E-state index < -0.39 is 16.7 Å². The fraction of sp³-hybridized carbons (Fsp3) is 0.118. The maximum Gasteiger partial charge on any atom is 0.370 e. The summed E-state index contributed by atoms with van der Waals surface area (Å²) in [4.78, 5) is 36.4. The number of hydrogen-bond donors (Lipinski definition) is 1. The molecule has 9 heteroatoms. The largest absolute Gasteiger partial charge is 0.370 e. The second-order valence-corrected chi connectivity index (χ2v) is 5.93. The second kappa shape index (κ2) is 5.38. The molecule has 2 amide bonds. The topological polar surface area (TPSA) is 110 Å². The predicted molar refractivity (Wildman–Crippen MR) is 92.7 cm³/mol. The number of anilines is 1. The zero-order valence-corrected chi connectivity index (χ0v) is 13.9. The first-order valence-electron chi connectivity index (χ1n) is 7.75. The van der Waals surface area contributed by atoms with Gasteiger partial charge in [-0.25, -0.2) is 0 Å². The minimum atomic E-state index is -0.615. The molecular formula is C17H13N5O4. The van der Waals surface area contributed by atoms with Gasteiger partial charge in [0.05, 0.1) is 11.1 Å². The summed E-state index contributed by atoms with van der Waals surface area (Å²) in [7, 11) is 1.42. The van der Waals surface area contributed by atoms with Gasteiger partial charge in [0.15, 0.2) is 5.69 Å². The van der Waals surface area contributed by atoms with E-state index in [2.05, 4.69) is 10.5 Å². The fourth-order valence-electron chi connectivity index (χ4n) is 3.23. The van der Waals surface area contributed by atoms with E-state index in [0.29, 0.717) is 22.2 Å². The number of imide groups is 1. The number of rotatable bonds is 3. The van der Waals surface area contributed by atoms with Crippen LogP contribution < -0.4 is 5.43 Å². The van der Waals surface area contributed by atoms with Crippen LogP contribution in [0.2, 0.25) is 0 Å². The highest BCUT2D eigenvalue weighted by molar-refractivity contribution is 6.25. The van der Waals surface area contributed by atoms with Crippen molar-refractivity contribution < 1.29 is 14.5 Å². The number of carbonyl (C=O) groups excluding carboxylic acids is 2. The van der Waals surface area contributed by atoms with Crippen LogP contribution in [0.4, 0.5) is 11.5 Å². The molecule has 26 heavy (non-hydrogen) atoms. The van der Waals surface area contributed by atoms with Crippen LogP contribution in [0.25, 0.3) is 10.8 Å². The first-order chi connectivity index (χ1) is 12.4. The van der Waals surface area contributed by atoms with Crippen LogP contribution in [-0.2, 0) is 7.05 Å². The third-order valence-corrected chi connectivity index (χ3v) is 4.36. The Morgan fingerprint density at radius 2 is 1.65 bits per heavy atom. The standard InChI is InChI=1S/C17H13N5O4/c1-9-14(15(22(25)26)20(2)18-9)19-21-16(23)11-7-3-5-10-6-4-8-12(13(10)11)17(21)24/h3-8,19H,1-2H3. The Kier molecular flexibility index (Phi) is 3.26. The molecule has 0 saturated heterocycles. The van der Waals surface area contributed by atoms with Gasteiger partial charge in [-0.15, -0.1) is 4.68 Å². The van der Waals surface area contributed by atoms with E-state index >= 15 is 0 Å². The smallest absolute Gasteiger partial charge is 0.358 e. The van der Waals surface area contributed by atoms with Crippen LogP contribution in [0.5, 0.6) is 0 Å². The Morgan fingerprint density at radius 3 is 2.19 bits per heavy atom. The number of hydrogen-bond acceptors (Lipinski definition) is 6. The summed E-state index contributed by atoms with van der Waals surface area (Å²) in [6.45, 7) is 1.56. The lowest BCUT2D eigenvalue weighted by Crippen LogP contribution is -2.44. The third kappa shape index (κ3) is 2.07. The van der Waals surface area contributed by atoms with Crippen molar-refractivity contribution in [3.8, 4) is 0 Å². The second-order valence-electron chi connectivity index (χ2n) is 5.93. The molecule has 3 aromatic rings. The number of hydrazine groups is 1. The Balaban J connectivity index is 1.85. The molecule has 4 rings (SSSR count). The average Bonchev–Trinajstić information content (AvgIpc) is 2.89. The molecule has 0 aliphatic carbocycles. The lowest BCUT2D eigenvalue weighted by Gasteiger charge is -2.27. The van der Waals surface area contributed by atoms with Crippen molar-refractivity contribution in [2.75, 3.05) is 5.43 Å². The average molecular weight is 351 g/mol. The fourth-order valence-corrected chi connectivity index (χ4v) is 3.23. The summed E-state index contributed by atoms with van der Waals surface area (Å²) in [5.41, 5.74) is 3.63. The van der Waals surface area contributed by atoms with Gasteiger partial charge in [-0.1, -0.05) is 29.4 Å². The molecule has 2 aromatic carbocycles. The summed E-state index contributed by atoms with van der Waals surface area (Å²) in [6.07, 6.45) is 0. The van der Waals surface area contributed by atoms with Gasteiger partial charge >= 0.3 is 5.82 Å². The minimum Gasteiger partial charge on any atom is -0.358 e. The number of carbonyl (C=O) groups is 2. The SMILES string of the molecule is Cc1nn(C)c([N+](=O)[O-])c1NN1C(=O)c2cccc3cccc(c23)C1=O. The first kappa shape index (κ1) is 15.8. The quantitative estimate of drug-likeness (QED) is 0.441. The number of nitrogens with zero attached hydrogens (tertiary/aromatic N) is 4. The molecular weight excluding hydrogens is 338 g/mol. The van der Waals surface area contributed by atoms with Crippen molar-refractivity contribution in [3.05, 3.63) is 63.3 Å². The zero-order chi connectivity index (χ0) is 18.6. The summed E-state index contributed by atoms with van der Waals surface area (Å²) in [6, 6.07) is 10.3. The summed E-state index contributed by atoms with van der Waals surface area (Å²) in [5, 5.41) is 17.5. The Hall–Kier alpha value is -3.75. The zero-order valence-electron chi connectivity index (χ0n) is 13.9. The molecule has 0 radical (unpaired) electrons. The van der Waals surface area contributed by atoms with E-state index in [0.717, 1.165) is 15.1 Å². The summed E-state index contributed by atoms with van der Waals surface area (Å²) in [5.74, 6) is -1.48. The van der Waals surface area contributed by atoms with Crippen molar-refractivity contribution in [1.29, 1.82) is 0 Å². The van der Waals surface area contributed by atoms with Gasteiger partial charge < -0.3 is 10.1 Å². The highest BCUT2D eigenvalue weighted by Gasteiger charge is 2.35. The molecule has 9 nitrogen and oxygen atoms in total. The van der Waals surface area contributed by atoms with Crippen molar-refractivity contribution in [3.63, 3.8) is 0 Å². The lowest BCUT2D eigenvalue weighted by molar-refractivity contribution is -0.391. The molecule has 0 fully saturated rings. The monoisotopic (exact) mass is 351 g/mol. The van der Waals surface area contributed by atoms with E-state index in [9.17, 15) is 19.7 Å².